The third-order valence-corrected chi connectivity index (χ3v) is 6.62. The molecule has 2 atom stereocenters. The Bertz CT molecular complexity index is 674. The van der Waals surface area contributed by atoms with Gasteiger partial charge in [-0.15, -0.1) is 0 Å². The first-order chi connectivity index (χ1) is 11.9. The summed E-state index contributed by atoms with van der Waals surface area (Å²) in [5.41, 5.74) is 2.15. The molecule has 0 amide bonds. The van der Waals surface area contributed by atoms with Crippen molar-refractivity contribution in [2.24, 2.45) is 0 Å². The van der Waals surface area contributed by atoms with Gasteiger partial charge in [-0.1, -0.05) is 48.5 Å². The van der Waals surface area contributed by atoms with Gasteiger partial charge in [-0.05, 0) is 45.4 Å². The summed E-state index contributed by atoms with van der Waals surface area (Å²) in [4.78, 5) is 2.14. The molecule has 1 aliphatic rings. The lowest BCUT2D eigenvalue weighted by atomic mass is 10.1. The molecular formula is C20H26NO3P. The predicted molar refractivity (Wildman–Crippen MR) is 102 cm³/mol. The van der Waals surface area contributed by atoms with Gasteiger partial charge in [0.15, 0.2) is 5.78 Å². The Balaban J connectivity index is 1.99. The highest BCUT2D eigenvalue weighted by Gasteiger charge is 2.61. The maximum atomic E-state index is 13.7. The van der Waals surface area contributed by atoms with Gasteiger partial charge in [0.05, 0.1) is 18.2 Å². The van der Waals surface area contributed by atoms with E-state index >= 15 is 0 Å². The summed E-state index contributed by atoms with van der Waals surface area (Å²) in [6.45, 7) is 7.57. The van der Waals surface area contributed by atoms with Crippen molar-refractivity contribution in [3.8, 4) is 0 Å². The van der Waals surface area contributed by atoms with Crippen molar-refractivity contribution in [2.75, 3.05) is 4.90 Å². The van der Waals surface area contributed by atoms with Gasteiger partial charge in [-0.25, -0.2) is 0 Å². The zero-order valence-electron chi connectivity index (χ0n) is 15.2. The van der Waals surface area contributed by atoms with Crippen LogP contribution in [0.1, 0.15) is 39.3 Å². The number of benzene rings is 2. The number of hydrogen-bond donors (Lipinski definition) is 0. The van der Waals surface area contributed by atoms with E-state index in [-0.39, 0.29) is 24.0 Å². The Labute approximate surface area is 150 Å². The number of anilines is 1. The Kier molecular flexibility index (Phi) is 5.33. The highest BCUT2D eigenvalue weighted by atomic mass is 31.2. The fraction of sp³-hybridized carbons (Fsp3) is 0.400. The van der Waals surface area contributed by atoms with Gasteiger partial charge in [0, 0.05) is 5.69 Å². The Morgan fingerprint density at radius 2 is 1.32 bits per heavy atom. The lowest BCUT2D eigenvalue weighted by molar-refractivity contribution is 0.141. The van der Waals surface area contributed by atoms with Crippen LogP contribution in [-0.2, 0) is 13.6 Å². The van der Waals surface area contributed by atoms with E-state index in [1.165, 1.54) is 0 Å². The van der Waals surface area contributed by atoms with Crippen LogP contribution in [0.2, 0.25) is 0 Å². The van der Waals surface area contributed by atoms with Crippen molar-refractivity contribution < 1.29 is 13.6 Å². The fourth-order valence-corrected chi connectivity index (χ4v) is 5.82. The molecule has 4 nitrogen and oxygen atoms in total. The number of hydrogen-bond acceptors (Lipinski definition) is 4. The highest BCUT2D eigenvalue weighted by molar-refractivity contribution is 7.55. The van der Waals surface area contributed by atoms with Crippen LogP contribution in [0.5, 0.6) is 0 Å². The van der Waals surface area contributed by atoms with E-state index in [0.717, 1.165) is 11.3 Å². The monoisotopic (exact) mass is 359 g/mol. The van der Waals surface area contributed by atoms with E-state index in [0.29, 0.717) is 0 Å². The smallest absolute Gasteiger partial charge is 0.345 e. The normalized spacial score (nSPS) is 20.3. The highest BCUT2D eigenvalue weighted by Crippen LogP contribution is 2.69. The van der Waals surface area contributed by atoms with Crippen molar-refractivity contribution in [3.05, 3.63) is 66.2 Å². The zero-order valence-corrected chi connectivity index (χ0v) is 16.1. The first kappa shape index (κ1) is 18.2. The summed E-state index contributed by atoms with van der Waals surface area (Å²) in [7, 11) is -3.31. The van der Waals surface area contributed by atoms with E-state index in [1.54, 1.807) is 0 Å². The summed E-state index contributed by atoms with van der Waals surface area (Å²) in [5.74, 6) is -0.304. The predicted octanol–water partition coefficient (Wildman–Crippen LogP) is 5.62. The molecular weight excluding hydrogens is 333 g/mol. The minimum Gasteiger partial charge on any atom is -0.345 e. The number of rotatable bonds is 7. The zero-order chi connectivity index (χ0) is 18.0. The van der Waals surface area contributed by atoms with Crippen molar-refractivity contribution >= 4 is 13.3 Å². The molecule has 0 unspecified atom stereocenters. The number of para-hydroxylation sites is 1. The van der Waals surface area contributed by atoms with Crippen molar-refractivity contribution in [1.82, 2.24) is 0 Å². The van der Waals surface area contributed by atoms with Crippen LogP contribution in [0, 0.1) is 0 Å². The van der Waals surface area contributed by atoms with Crippen LogP contribution < -0.4 is 4.90 Å². The molecule has 0 radical (unpaired) electrons. The molecule has 5 heteroatoms. The average Bonchev–Trinajstić information content (AvgIpc) is 3.31. The van der Waals surface area contributed by atoms with Gasteiger partial charge >= 0.3 is 7.60 Å². The molecule has 2 aromatic rings. The summed E-state index contributed by atoms with van der Waals surface area (Å²) in [5, 5.41) is 0. The van der Waals surface area contributed by atoms with E-state index in [4.69, 9.17) is 9.05 Å². The molecule has 1 aliphatic heterocycles. The fourth-order valence-electron chi connectivity index (χ4n) is 3.18. The average molecular weight is 359 g/mol. The lowest BCUT2D eigenvalue weighted by Crippen LogP contribution is -2.13. The topological polar surface area (TPSA) is 38.5 Å². The molecule has 0 aliphatic carbocycles. The first-order valence-corrected chi connectivity index (χ1v) is 10.4. The van der Waals surface area contributed by atoms with Crippen molar-refractivity contribution in [2.45, 2.75) is 51.7 Å². The Morgan fingerprint density at radius 1 is 0.840 bits per heavy atom. The van der Waals surface area contributed by atoms with E-state index in [1.807, 2.05) is 76.2 Å². The lowest BCUT2D eigenvalue weighted by Gasteiger charge is -2.23. The second-order valence-electron chi connectivity index (χ2n) is 6.86. The van der Waals surface area contributed by atoms with Gasteiger partial charge < -0.3 is 13.9 Å². The molecule has 3 rings (SSSR count). The first-order valence-electron chi connectivity index (χ1n) is 8.77. The van der Waals surface area contributed by atoms with Gasteiger partial charge in [0.2, 0.25) is 0 Å². The van der Waals surface area contributed by atoms with E-state index in [2.05, 4.69) is 17.0 Å². The van der Waals surface area contributed by atoms with Crippen LogP contribution in [0.3, 0.4) is 0 Å². The third-order valence-electron chi connectivity index (χ3n) is 4.01. The summed E-state index contributed by atoms with van der Waals surface area (Å²) in [6.07, 6.45) is -0.335. The van der Waals surface area contributed by atoms with E-state index < -0.39 is 7.60 Å². The van der Waals surface area contributed by atoms with Crippen molar-refractivity contribution in [1.29, 1.82) is 0 Å². The van der Waals surface area contributed by atoms with Gasteiger partial charge in [-0.3, -0.25) is 4.57 Å². The molecule has 134 valence electrons. The molecule has 25 heavy (non-hydrogen) atoms. The molecule has 0 bridgehead atoms. The molecule has 1 saturated heterocycles. The molecule has 0 saturated carbocycles. The molecule has 0 N–H and O–H groups in total. The maximum absolute atomic E-state index is 13.7. The number of nitrogens with zero attached hydrogens (tertiary/aromatic N) is 1. The van der Waals surface area contributed by atoms with Crippen LogP contribution in [0.25, 0.3) is 0 Å². The Morgan fingerprint density at radius 3 is 1.80 bits per heavy atom. The quantitative estimate of drug-likeness (QED) is 0.475. The third kappa shape index (κ3) is 3.98. The second-order valence-corrected chi connectivity index (χ2v) is 8.89. The summed E-state index contributed by atoms with van der Waals surface area (Å²) < 4.78 is 25.4. The molecule has 0 aromatic heterocycles. The molecule has 2 aromatic carbocycles. The molecule has 1 heterocycles. The van der Waals surface area contributed by atoms with Crippen LogP contribution in [-0.4, -0.2) is 18.0 Å². The largest absolute Gasteiger partial charge is 0.355 e. The van der Waals surface area contributed by atoms with Gasteiger partial charge in [0.25, 0.3) is 0 Å². The van der Waals surface area contributed by atoms with Crippen LogP contribution in [0.4, 0.5) is 5.69 Å². The molecule has 0 spiro atoms. The van der Waals surface area contributed by atoms with Crippen molar-refractivity contribution in [3.63, 3.8) is 0 Å². The molecule has 1 fully saturated rings. The summed E-state index contributed by atoms with van der Waals surface area (Å²) >= 11 is 0. The van der Waals surface area contributed by atoms with Gasteiger partial charge in [0.1, 0.15) is 0 Å². The summed E-state index contributed by atoms with van der Waals surface area (Å²) in [6, 6.07) is 20.1. The minimum absolute atomic E-state index is 0.00747. The standard InChI is InChI=1S/C20H26NO3P/c1-15(2)23-25(22,24-16(3)4)20-19(17-11-7-5-8-12-17)21(20)18-13-9-6-10-14-18/h5-16,19-20H,1-4H3/t19-,20+,21?/m1/s1. The van der Waals surface area contributed by atoms with Crippen LogP contribution in [0.15, 0.2) is 60.7 Å². The minimum atomic E-state index is -3.31. The van der Waals surface area contributed by atoms with E-state index in [9.17, 15) is 4.57 Å². The van der Waals surface area contributed by atoms with Gasteiger partial charge in [-0.2, -0.15) is 0 Å². The Hall–Kier alpha value is -1.61. The second kappa shape index (κ2) is 7.33. The SMILES string of the molecule is CC(C)OP(=O)(OC(C)C)[C@H]1[C@@H](c2ccccc2)N1c1ccccc1. The van der Waals surface area contributed by atoms with Crippen LogP contribution >= 0.6 is 7.60 Å². The maximum Gasteiger partial charge on any atom is 0.355 e.